The topological polar surface area (TPSA) is 40.5 Å². The molecule has 0 heterocycles. The van der Waals surface area contributed by atoms with Gasteiger partial charge < -0.3 is 10.0 Å². The predicted octanol–water partition coefficient (Wildman–Crippen LogP) is 2.09. The Balaban J connectivity index is 2.60. The van der Waals surface area contributed by atoms with Gasteiger partial charge in [0.25, 0.3) is 0 Å². The minimum atomic E-state index is -4.47. The third-order valence-electron chi connectivity index (χ3n) is 3.03. The first-order valence-corrected chi connectivity index (χ1v) is 5.91. The summed E-state index contributed by atoms with van der Waals surface area (Å²) >= 11 is 0. The number of rotatable bonds is 4. The standard InChI is InChI=1S/C11H18F3NO2/c12-11(13,14)8-10(17)15(6-7-16)9-4-2-1-3-5-9/h9,16H,1-8H2. The van der Waals surface area contributed by atoms with Gasteiger partial charge in [0.15, 0.2) is 0 Å². The van der Waals surface area contributed by atoms with Crippen LogP contribution in [0.15, 0.2) is 0 Å². The van der Waals surface area contributed by atoms with Crippen LogP contribution in [-0.4, -0.2) is 41.3 Å². The van der Waals surface area contributed by atoms with Crippen LogP contribution >= 0.6 is 0 Å². The third kappa shape index (κ3) is 4.93. The van der Waals surface area contributed by atoms with Crippen molar-refractivity contribution in [1.82, 2.24) is 4.90 Å². The van der Waals surface area contributed by atoms with Gasteiger partial charge in [0.2, 0.25) is 5.91 Å². The van der Waals surface area contributed by atoms with Crippen molar-refractivity contribution >= 4 is 5.91 Å². The average Bonchev–Trinajstić information content (AvgIpc) is 2.24. The van der Waals surface area contributed by atoms with Gasteiger partial charge in [-0.15, -0.1) is 0 Å². The van der Waals surface area contributed by atoms with Crippen molar-refractivity contribution in [1.29, 1.82) is 0 Å². The molecule has 1 rings (SSSR count). The molecule has 0 saturated heterocycles. The summed E-state index contributed by atoms with van der Waals surface area (Å²) in [7, 11) is 0. The van der Waals surface area contributed by atoms with E-state index in [1.807, 2.05) is 0 Å². The lowest BCUT2D eigenvalue weighted by Gasteiger charge is -2.34. The Morgan fingerprint density at radius 3 is 2.29 bits per heavy atom. The van der Waals surface area contributed by atoms with Crippen LogP contribution < -0.4 is 0 Å². The van der Waals surface area contributed by atoms with Crippen LogP contribution in [0.2, 0.25) is 0 Å². The molecule has 1 aliphatic carbocycles. The van der Waals surface area contributed by atoms with E-state index in [1.54, 1.807) is 0 Å². The van der Waals surface area contributed by atoms with Gasteiger partial charge >= 0.3 is 6.18 Å². The minimum absolute atomic E-state index is 0.000417. The quantitative estimate of drug-likeness (QED) is 0.833. The van der Waals surface area contributed by atoms with E-state index in [2.05, 4.69) is 0 Å². The molecule has 0 radical (unpaired) electrons. The molecule has 0 unspecified atom stereocenters. The molecular weight excluding hydrogens is 235 g/mol. The number of hydrogen-bond donors (Lipinski definition) is 1. The molecule has 1 N–H and O–H groups in total. The van der Waals surface area contributed by atoms with E-state index in [1.165, 1.54) is 4.90 Å². The maximum absolute atomic E-state index is 12.2. The molecule has 0 aliphatic heterocycles. The second-order valence-corrected chi connectivity index (χ2v) is 4.39. The zero-order chi connectivity index (χ0) is 12.9. The number of aliphatic hydroxyl groups excluding tert-OH is 1. The fourth-order valence-electron chi connectivity index (χ4n) is 2.28. The first-order valence-electron chi connectivity index (χ1n) is 5.91. The number of hydrogen-bond acceptors (Lipinski definition) is 2. The fraction of sp³-hybridized carbons (Fsp3) is 0.909. The van der Waals surface area contributed by atoms with Crippen molar-refractivity contribution in [3.63, 3.8) is 0 Å². The van der Waals surface area contributed by atoms with Crippen LogP contribution in [0.25, 0.3) is 0 Å². The van der Waals surface area contributed by atoms with Crippen LogP contribution in [-0.2, 0) is 4.79 Å². The number of halogens is 3. The maximum Gasteiger partial charge on any atom is 0.397 e. The van der Waals surface area contributed by atoms with E-state index in [4.69, 9.17) is 5.11 Å². The number of amides is 1. The molecule has 1 saturated carbocycles. The molecule has 0 spiro atoms. The van der Waals surface area contributed by atoms with Crippen molar-refractivity contribution in [2.24, 2.45) is 0 Å². The first kappa shape index (κ1) is 14.3. The molecule has 6 heteroatoms. The van der Waals surface area contributed by atoms with Crippen molar-refractivity contribution in [3.8, 4) is 0 Å². The lowest BCUT2D eigenvalue weighted by Crippen LogP contribution is -2.44. The zero-order valence-electron chi connectivity index (χ0n) is 9.67. The van der Waals surface area contributed by atoms with E-state index in [0.29, 0.717) is 0 Å². The Morgan fingerprint density at radius 1 is 1.24 bits per heavy atom. The summed E-state index contributed by atoms with van der Waals surface area (Å²) in [5.74, 6) is -0.918. The summed E-state index contributed by atoms with van der Waals surface area (Å²) in [5.41, 5.74) is 0. The largest absolute Gasteiger partial charge is 0.397 e. The van der Waals surface area contributed by atoms with Gasteiger partial charge in [-0.3, -0.25) is 4.79 Å². The van der Waals surface area contributed by atoms with Crippen molar-refractivity contribution in [3.05, 3.63) is 0 Å². The monoisotopic (exact) mass is 253 g/mol. The smallest absolute Gasteiger partial charge is 0.395 e. The summed E-state index contributed by atoms with van der Waals surface area (Å²) in [6.45, 7) is -0.292. The lowest BCUT2D eigenvalue weighted by molar-refractivity contribution is -0.164. The Bertz CT molecular complexity index is 250. The van der Waals surface area contributed by atoms with Crippen LogP contribution in [0.5, 0.6) is 0 Å². The first-order chi connectivity index (χ1) is 7.94. The highest BCUT2D eigenvalue weighted by Gasteiger charge is 2.35. The Kier molecular flexibility index (Phi) is 5.24. The minimum Gasteiger partial charge on any atom is -0.395 e. The molecule has 0 aromatic heterocycles. The molecule has 1 fully saturated rings. The second kappa shape index (κ2) is 6.23. The Morgan fingerprint density at radius 2 is 1.82 bits per heavy atom. The van der Waals surface area contributed by atoms with Gasteiger partial charge in [0.05, 0.1) is 6.61 Å². The highest BCUT2D eigenvalue weighted by Crippen LogP contribution is 2.26. The molecule has 0 aromatic carbocycles. The second-order valence-electron chi connectivity index (χ2n) is 4.39. The zero-order valence-corrected chi connectivity index (χ0v) is 9.67. The van der Waals surface area contributed by atoms with Gasteiger partial charge in [-0.2, -0.15) is 13.2 Å². The molecule has 100 valence electrons. The van der Waals surface area contributed by atoms with E-state index in [-0.39, 0.29) is 19.2 Å². The normalized spacial score (nSPS) is 18.1. The molecule has 0 atom stereocenters. The van der Waals surface area contributed by atoms with Crippen LogP contribution in [0.4, 0.5) is 13.2 Å². The van der Waals surface area contributed by atoms with Gasteiger partial charge in [-0.1, -0.05) is 19.3 Å². The summed E-state index contributed by atoms with van der Waals surface area (Å²) in [5, 5.41) is 8.84. The lowest BCUT2D eigenvalue weighted by atomic mass is 9.94. The van der Waals surface area contributed by atoms with Gasteiger partial charge in [-0.25, -0.2) is 0 Å². The van der Waals surface area contributed by atoms with Gasteiger partial charge in [0, 0.05) is 12.6 Å². The third-order valence-corrected chi connectivity index (χ3v) is 3.03. The summed E-state index contributed by atoms with van der Waals surface area (Å²) in [6, 6.07) is -0.134. The molecular formula is C11H18F3NO2. The Labute approximate surface area is 98.6 Å². The van der Waals surface area contributed by atoms with E-state index in [9.17, 15) is 18.0 Å². The van der Waals surface area contributed by atoms with Crippen LogP contribution in [0.3, 0.4) is 0 Å². The van der Waals surface area contributed by atoms with E-state index in [0.717, 1.165) is 32.1 Å². The SMILES string of the molecule is O=C(CC(F)(F)F)N(CCO)C1CCCCC1. The number of alkyl halides is 3. The number of nitrogens with zero attached hydrogens (tertiary/aromatic N) is 1. The average molecular weight is 253 g/mol. The van der Waals surface area contributed by atoms with Crippen LogP contribution in [0.1, 0.15) is 38.5 Å². The highest BCUT2D eigenvalue weighted by atomic mass is 19.4. The van der Waals surface area contributed by atoms with E-state index >= 15 is 0 Å². The maximum atomic E-state index is 12.2. The van der Waals surface area contributed by atoms with Crippen LogP contribution in [0, 0.1) is 0 Å². The number of carbonyl (C=O) groups excluding carboxylic acids is 1. The van der Waals surface area contributed by atoms with E-state index < -0.39 is 18.5 Å². The summed E-state index contributed by atoms with van der Waals surface area (Å²) < 4.78 is 36.5. The van der Waals surface area contributed by atoms with Crippen molar-refractivity contribution in [2.75, 3.05) is 13.2 Å². The predicted molar refractivity (Wildman–Crippen MR) is 56.3 cm³/mol. The molecule has 0 bridgehead atoms. The highest BCUT2D eigenvalue weighted by molar-refractivity contribution is 5.77. The molecule has 1 amide bonds. The summed E-state index contributed by atoms with van der Waals surface area (Å²) in [4.78, 5) is 12.7. The van der Waals surface area contributed by atoms with Gasteiger partial charge in [-0.05, 0) is 12.8 Å². The van der Waals surface area contributed by atoms with Crippen molar-refractivity contribution in [2.45, 2.75) is 50.7 Å². The molecule has 1 aliphatic rings. The Hall–Kier alpha value is -0.780. The number of carbonyl (C=O) groups is 1. The molecule has 3 nitrogen and oxygen atoms in total. The van der Waals surface area contributed by atoms with Gasteiger partial charge in [0.1, 0.15) is 6.42 Å². The van der Waals surface area contributed by atoms with Crippen molar-refractivity contribution < 1.29 is 23.1 Å². The number of aliphatic hydroxyl groups is 1. The molecule has 0 aromatic rings. The molecule has 17 heavy (non-hydrogen) atoms. The fourth-order valence-corrected chi connectivity index (χ4v) is 2.28. The summed E-state index contributed by atoms with van der Waals surface area (Å²) in [6.07, 6.45) is -1.48.